The van der Waals surface area contributed by atoms with Gasteiger partial charge in [-0.1, -0.05) is 0 Å². The number of thiazole rings is 1. The molecule has 1 aromatic heterocycles. The standard InChI is InChI=1S/C13H21N3S.2C2HF3O2/c1-10(2)15-7-11-3-4-12(8-15)16(11)9-13-14-5-6-17-13;2*3-2(4,5)1(6)7/h5-6,10-12H,3-4,7-9H2,1-2H3;2*(H,6,7). The van der Waals surface area contributed by atoms with Crippen LogP contribution in [0.5, 0.6) is 0 Å². The van der Waals surface area contributed by atoms with Gasteiger partial charge >= 0.3 is 24.3 Å². The number of nitrogens with zero attached hydrogens (tertiary/aromatic N) is 3. The molecule has 2 unspecified atom stereocenters. The molecule has 2 aliphatic rings. The Morgan fingerprint density at radius 1 is 1.06 bits per heavy atom. The minimum Gasteiger partial charge on any atom is -0.475 e. The van der Waals surface area contributed by atoms with E-state index in [1.807, 2.05) is 6.20 Å². The molecule has 0 amide bonds. The summed E-state index contributed by atoms with van der Waals surface area (Å²) >= 11 is 1.79. The first kappa shape index (κ1) is 27.1. The van der Waals surface area contributed by atoms with E-state index in [0.29, 0.717) is 6.04 Å². The number of halogens is 6. The number of aromatic nitrogens is 1. The van der Waals surface area contributed by atoms with Crippen molar-refractivity contribution in [2.24, 2.45) is 0 Å². The van der Waals surface area contributed by atoms with Gasteiger partial charge in [-0.05, 0) is 26.7 Å². The second kappa shape index (κ2) is 11.1. The van der Waals surface area contributed by atoms with Crippen LogP contribution in [-0.2, 0) is 16.1 Å². The van der Waals surface area contributed by atoms with Crippen molar-refractivity contribution in [3.8, 4) is 0 Å². The van der Waals surface area contributed by atoms with E-state index in [9.17, 15) is 26.3 Å². The molecule has 178 valence electrons. The van der Waals surface area contributed by atoms with Gasteiger partial charge in [-0.2, -0.15) is 26.3 Å². The third kappa shape index (κ3) is 8.99. The first-order valence-corrected chi connectivity index (χ1v) is 9.99. The van der Waals surface area contributed by atoms with E-state index in [1.165, 1.54) is 30.9 Å². The van der Waals surface area contributed by atoms with Gasteiger partial charge in [-0.25, -0.2) is 14.6 Å². The Morgan fingerprint density at radius 3 is 1.77 bits per heavy atom. The molecular weight excluding hydrogens is 456 g/mol. The summed E-state index contributed by atoms with van der Waals surface area (Å²) in [7, 11) is 0. The maximum absolute atomic E-state index is 10.6. The first-order valence-electron chi connectivity index (χ1n) is 9.11. The van der Waals surface area contributed by atoms with Gasteiger partial charge in [-0.15, -0.1) is 11.3 Å². The molecule has 2 N–H and O–H groups in total. The Kier molecular flexibility index (Phi) is 9.69. The predicted octanol–water partition coefficient (Wildman–Crippen LogP) is 3.47. The number of carboxylic acid groups (broad SMARTS) is 2. The van der Waals surface area contributed by atoms with Gasteiger partial charge in [0.15, 0.2) is 0 Å². The van der Waals surface area contributed by atoms with Crippen molar-refractivity contribution < 1.29 is 46.1 Å². The molecule has 0 aromatic carbocycles. The van der Waals surface area contributed by atoms with Gasteiger partial charge in [0.1, 0.15) is 5.01 Å². The molecule has 2 aliphatic heterocycles. The Bertz CT molecular complexity index is 674. The molecule has 3 rings (SSSR count). The predicted molar refractivity (Wildman–Crippen MR) is 98.6 cm³/mol. The van der Waals surface area contributed by atoms with Gasteiger partial charge < -0.3 is 10.2 Å². The number of carboxylic acids is 2. The zero-order valence-electron chi connectivity index (χ0n) is 16.7. The minimum atomic E-state index is -5.08. The zero-order valence-corrected chi connectivity index (χ0v) is 17.5. The second-order valence-electron chi connectivity index (χ2n) is 7.14. The van der Waals surface area contributed by atoms with Crippen LogP contribution in [0.25, 0.3) is 0 Å². The summed E-state index contributed by atoms with van der Waals surface area (Å²) in [6.07, 6.45) is -5.50. The topological polar surface area (TPSA) is 94.0 Å². The van der Waals surface area contributed by atoms with Gasteiger partial charge in [0.2, 0.25) is 0 Å². The molecule has 1 aromatic rings. The van der Waals surface area contributed by atoms with Crippen LogP contribution in [-0.4, -0.2) is 80.5 Å². The fourth-order valence-corrected chi connectivity index (χ4v) is 3.81. The van der Waals surface area contributed by atoms with E-state index in [0.717, 1.165) is 18.6 Å². The molecule has 3 heterocycles. The highest BCUT2D eigenvalue weighted by atomic mass is 32.1. The molecule has 0 aliphatic carbocycles. The summed E-state index contributed by atoms with van der Waals surface area (Å²) in [6, 6.07) is 2.22. The summed E-state index contributed by atoms with van der Waals surface area (Å²) in [6.45, 7) is 8.20. The quantitative estimate of drug-likeness (QED) is 0.642. The summed E-state index contributed by atoms with van der Waals surface area (Å²) in [5, 5.41) is 17.6. The minimum absolute atomic E-state index is 0.695. The average Bonchev–Trinajstić information content (AvgIpc) is 3.20. The third-order valence-electron chi connectivity index (χ3n) is 4.68. The number of likely N-dealkylation sites (tertiary alicyclic amines) is 1. The second-order valence-corrected chi connectivity index (χ2v) is 8.12. The van der Waals surface area contributed by atoms with Crippen LogP contribution in [0.2, 0.25) is 0 Å². The average molecular weight is 479 g/mol. The number of fused-ring (bicyclic) bond motifs is 2. The highest BCUT2D eigenvalue weighted by Gasteiger charge is 2.40. The summed E-state index contributed by atoms with van der Waals surface area (Å²) in [5.41, 5.74) is 0. The maximum Gasteiger partial charge on any atom is 0.490 e. The Hall–Kier alpha value is -1.93. The molecule has 2 bridgehead atoms. The van der Waals surface area contributed by atoms with Crippen LogP contribution in [0.1, 0.15) is 31.7 Å². The van der Waals surface area contributed by atoms with Gasteiger partial charge in [-0.3, -0.25) is 9.80 Å². The molecule has 2 saturated heterocycles. The normalized spacial score (nSPS) is 21.7. The third-order valence-corrected chi connectivity index (χ3v) is 5.44. The maximum atomic E-state index is 10.6. The van der Waals surface area contributed by atoms with Crippen molar-refractivity contribution in [1.82, 2.24) is 14.8 Å². The van der Waals surface area contributed by atoms with Crippen LogP contribution >= 0.6 is 11.3 Å². The fourth-order valence-electron chi connectivity index (χ4n) is 3.19. The first-order chi connectivity index (χ1) is 14.1. The van der Waals surface area contributed by atoms with Crippen LogP contribution in [0.4, 0.5) is 26.3 Å². The molecule has 0 radical (unpaired) electrons. The monoisotopic (exact) mass is 479 g/mol. The van der Waals surface area contributed by atoms with Crippen molar-refractivity contribution in [3.63, 3.8) is 0 Å². The fraction of sp³-hybridized carbons (Fsp3) is 0.706. The molecule has 0 saturated carbocycles. The van der Waals surface area contributed by atoms with Crippen LogP contribution in [0.3, 0.4) is 0 Å². The smallest absolute Gasteiger partial charge is 0.475 e. The van der Waals surface area contributed by atoms with Crippen molar-refractivity contribution in [2.45, 2.75) is 63.7 Å². The SMILES string of the molecule is CC(C)N1CC2CCC(C1)N2Cc1nccs1.O=C(O)C(F)(F)F.O=C(O)C(F)(F)F. The summed E-state index contributed by atoms with van der Waals surface area (Å²) in [5.74, 6) is -5.51. The molecule has 14 heteroatoms. The number of carbonyl (C=O) groups is 2. The summed E-state index contributed by atoms with van der Waals surface area (Å²) < 4.78 is 63.5. The highest BCUT2D eigenvalue weighted by Crippen LogP contribution is 2.32. The lowest BCUT2D eigenvalue weighted by molar-refractivity contribution is -0.193. The van der Waals surface area contributed by atoms with Crippen LogP contribution in [0.15, 0.2) is 11.6 Å². The zero-order chi connectivity index (χ0) is 24.0. The van der Waals surface area contributed by atoms with E-state index < -0.39 is 24.3 Å². The lowest BCUT2D eigenvalue weighted by Crippen LogP contribution is -2.54. The molecule has 0 spiro atoms. The van der Waals surface area contributed by atoms with Crippen molar-refractivity contribution in [3.05, 3.63) is 16.6 Å². The summed E-state index contributed by atoms with van der Waals surface area (Å²) in [4.78, 5) is 27.5. The van der Waals surface area contributed by atoms with Gasteiger partial charge in [0, 0.05) is 42.8 Å². The highest BCUT2D eigenvalue weighted by molar-refractivity contribution is 7.09. The van der Waals surface area contributed by atoms with Gasteiger partial charge in [0.05, 0.1) is 6.54 Å². The van der Waals surface area contributed by atoms with Crippen molar-refractivity contribution >= 4 is 23.3 Å². The molecule has 2 atom stereocenters. The van der Waals surface area contributed by atoms with E-state index in [2.05, 4.69) is 34.0 Å². The van der Waals surface area contributed by atoms with E-state index in [4.69, 9.17) is 19.8 Å². The van der Waals surface area contributed by atoms with Crippen molar-refractivity contribution in [2.75, 3.05) is 13.1 Å². The number of rotatable bonds is 3. The Labute approximate surface area is 178 Å². The molecule has 2 fully saturated rings. The van der Waals surface area contributed by atoms with Gasteiger partial charge in [0.25, 0.3) is 0 Å². The van der Waals surface area contributed by atoms with Crippen molar-refractivity contribution in [1.29, 1.82) is 0 Å². The van der Waals surface area contributed by atoms with Crippen LogP contribution in [0, 0.1) is 0 Å². The van der Waals surface area contributed by atoms with E-state index >= 15 is 0 Å². The largest absolute Gasteiger partial charge is 0.490 e. The Morgan fingerprint density at radius 2 is 1.48 bits per heavy atom. The number of alkyl halides is 6. The van der Waals surface area contributed by atoms with Crippen LogP contribution < -0.4 is 0 Å². The molecule has 7 nitrogen and oxygen atoms in total. The number of piperazine rings is 1. The number of hydrogen-bond donors (Lipinski definition) is 2. The Balaban J connectivity index is 0.000000288. The number of aliphatic carboxylic acids is 2. The lowest BCUT2D eigenvalue weighted by Gasteiger charge is -2.42. The number of hydrogen-bond acceptors (Lipinski definition) is 6. The van der Waals surface area contributed by atoms with E-state index in [1.54, 1.807) is 11.3 Å². The lowest BCUT2D eigenvalue weighted by atomic mass is 10.1. The molecule has 31 heavy (non-hydrogen) atoms. The molecular formula is C17H23F6N3O4S. The van der Waals surface area contributed by atoms with E-state index in [-0.39, 0.29) is 0 Å².